The van der Waals surface area contributed by atoms with E-state index in [0.29, 0.717) is 30.8 Å². The fourth-order valence-electron chi connectivity index (χ4n) is 5.62. The van der Waals surface area contributed by atoms with Gasteiger partial charge in [-0.15, -0.1) is 0 Å². The van der Waals surface area contributed by atoms with Gasteiger partial charge in [-0.25, -0.2) is 0 Å². The minimum absolute atomic E-state index is 0.0227. The minimum atomic E-state index is -4.55. The van der Waals surface area contributed by atoms with Crippen molar-refractivity contribution in [3.05, 3.63) is 137 Å². The van der Waals surface area contributed by atoms with E-state index in [1.807, 2.05) is 67.6 Å². The van der Waals surface area contributed by atoms with E-state index in [-0.39, 0.29) is 30.1 Å². The van der Waals surface area contributed by atoms with Gasteiger partial charge < -0.3 is 14.4 Å². The summed E-state index contributed by atoms with van der Waals surface area (Å²) in [6.07, 6.45) is -2.43. The van der Waals surface area contributed by atoms with Gasteiger partial charge in [-0.1, -0.05) is 84.4 Å². The van der Waals surface area contributed by atoms with Gasteiger partial charge in [0.15, 0.2) is 0 Å². The molecule has 0 aliphatic rings. The number of carbonyl (C=O) groups is 1. The van der Waals surface area contributed by atoms with Crippen molar-refractivity contribution < 1.29 is 27.8 Å². The molecule has 234 valence electrons. The minimum Gasteiger partial charge on any atom is -0.491 e. The number of nitrogens with zero attached hydrogens (tertiary/aromatic N) is 2. The normalized spacial score (nSPS) is 12.6. The van der Waals surface area contributed by atoms with Crippen molar-refractivity contribution >= 4 is 28.5 Å². The first-order chi connectivity index (χ1) is 21.6. The van der Waals surface area contributed by atoms with Crippen LogP contribution in [0.25, 0.3) is 10.9 Å². The molecule has 0 spiro atoms. The number of aliphatic carboxylic acids is 1. The molecule has 5 rings (SSSR count). The third-order valence-electron chi connectivity index (χ3n) is 7.86. The highest BCUT2D eigenvalue weighted by atomic mass is 35.5. The molecule has 0 saturated carbocycles. The molecule has 1 atom stereocenters. The number of rotatable bonds is 13. The average molecular weight is 635 g/mol. The number of ether oxygens (including phenoxy) is 1. The van der Waals surface area contributed by atoms with Crippen LogP contribution in [0.3, 0.4) is 0 Å². The van der Waals surface area contributed by atoms with Gasteiger partial charge in [-0.2, -0.15) is 13.2 Å². The van der Waals surface area contributed by atoms with Crippen molar-refractivity contribution in [2.24, 2.45) is 0 Å². The van der Waals surface area contributed by atoms with Crippen LogP contribution in [-0.4, -0.2) is 39.7 Å². The number of benzene rings is 4. The molecule has 0 aliphatic carbocycles. The molecule has 1 aromatic heterocycles. The van der Waals surface area contributed by atoms with Crippen LogP contribution in [0.1, 0.15) is 41.5 Å². The van der Waals surface area contributed by atoms with Gasteiger partial charge >= 0.3 is 12.1 Å². The van der Waals surface area contributed by atoms with E-state index in [0.717, 1.165) is 28.1 Å². The molecule has 45 heavy (non-hydrogen) atoms. The molecule has 5 nitrogen and oxygen atoms in total. The lowest BCUT2D eigenvalue weighted by atomic mass is 9.90. The first kappa shape index (κ1) is 32.1. The van der Waals surface area contributed by atoms with Crippen LogP contribution in [0.2, 0.25) is 5.02 Å². The second kappa shape index (κ2) is 14.2. The van der Waals surface area contributed by atoms with Crippen LogP contribution in [-0.2, 0) is 24.1 Å². The summed E-state index contributed by atoms with van der Waals surface area (Å²) in [5, 5.41) is 9.75. The summed E-state index contributed by atoms with van der Waals surface area (Å²) in [5.74, 6) is -0.286. The molecule has 0 radical (unpaired) electrons. The number of hydrogen-bond acceptors (Lipinski definition) is 3. The fourth-order valence-corrected chi connectivity index (χ4v) is 5.91. The topological polar surface area (TPSA) is 54.7 Å². The molecule has 9 heteroatoms. The Kier molecular flexibility index (Phi) is 10.2. The molecule has 0 bridgehead atoms. The summed E-state index contributed by atoms with van der Waals surface area (Å²) in [7, 11) is 0. The SMILES string of the molecule is CC(CCN(Cc1cccc(C(F)(F)F)c1Cl)CC(c1ccccc1)c1ccccc1)Oc1ccc2c(ccn2CC(=O)O)c1. The number of alkyl halides is 3. The summed E-state index contributed by atoms with van der Waals surface area (Å²) in [4.78, 5) is 13.3. The number of carboxylic acid groups (broad SMARTS) is 1. The van der Waals surface area contributed by atoms with Crippen LogP contribution >= 0.6 is 11.6 Å². The van der Waals surface area contributed by atoms with E-state index in [4.69, 9.17) is 21.4 Å². The highest BCUT2D eigenvalue weighted by Crippen LogP contribution is 2.37. The molecule has 1 unspecified atom stereocenters. The highest BCUT2D eigenvalue weighted by Gasteiger charge is 2.34. The zero-order valence-corrected chi connectivity index (χ0v) is 25.5. The maximum atomic E-state index is 13.7. The van der Waals surface area contributed by atoms with E-state index >= 15 is 0 Å². The van der Waals surface area contributed by atoms with Crippen LogP contribution < -0.4 is 4.74 Å². The average Bonchev–Trinajstić information content (AvgIpc) is 3.40. The van der Waals surface area contributed by atoms with Gasteiger partial charge in [-0.3, -0.25) is 9.69 Å². The first-order valence-corrected chi connectivity index (χ1v) is 15.1. The Hall–Kier alpha value is -4.27. The van der Waals surface area contributed by atoms with Crippen molar-refractivity contribution in [2.75, 3.05) is 13.1 Å². The standard InChI is InChI=1S/C36H34ClF3N2O3/c1-25(45-30-15-16-33-28(21-30)18-20-42(33)24-34(43)44)17-19-41(22-29-13-8-14-32(35(29)37)36(38,39)40)23-31(26-9-4-2-5-10-26)27-11-6-3-7-12-27/h2-16,18,20-21,25,31H,17,19,22-24H2,1H3,(H,43,44). The Bertz CT molecular complexity index is 1690. The Balaban J connectivity index is 1.37. The van der Waals surface area contributed by atoms with Crippen LogP contribution in [0, 0.1) is 0 Å². The number of hydrogen-bond donors (Lipinski definition) is 1. The van der Waals surface area contributed by atoms with Gasteiger partial charge in [-0.05, 0) is 60.4 Å². The van der Waals surface area contributed by atoms with Crippen LogP contribution in [0.15, 0.2) is 109 Å². The summed E-state index contributed by atoms with van der Waals surface area (Å²) in [6.45, 7) is 3.16. The summed E-state index contributed by atoms with van der Waals surface area (Å²) in [6, 6.07) is 31.6. The van der Waals surface area contributed by atoms with Gasteiger partial charge in [0.05, 0.1) is 16.7 Å². The predicted molar refractivity (Wildman–Crippen MR) is 171 cm³/mol. The molecule has 0 amide bonds. The summed E-state index contributed by atoms with van der Waals surface area (Å²) >= 11 is 6.35. The lowest BCUT2D eigenvalue weighted by molar-refractivity contribution is -0.138. The molecule has 5 aromatic rings. The third kappa shape index (κ3) is 8.26. The zero-order chi connectivity index (χ0) is 32.0. The third-order valence-corrected chi connectivity index (χ3v) is 8.31. The number of carboxylic acids is 1. The fraction of sp³-hybridized carbons (Fsp3) is 0.250. The number of fused-ring (bicyclic) bond motifs is 1. The molecular formula is C36H34ClF3N2O3. The summed E-state index contributed by atoms with van der Waals surface area (Å²) < 4.78 is 49.0. The molecule has 0 fully saturated rings. The van der Waals surface area contributed by atoms with Crippen molar-refractivity contribution in [3.8, 4) is 5.75 Å². The highest BCUT2D eigenvalue weighted by molar-refractivity contribution is 6.32. The van der Waals surface area contributed by atoms with E-state index in [1.165, 1.54) is 6.07 Å². The van der Waals surface area contributed by atoms with E-state index in [2.05, 4.69) is 29.2 Å². The van der Waals surface area contributed by atoms with E-state index in [9.17, 15) is 18.0 Å². The van der Waals surface area contributed by atoms with Gasteiger partial charge in [0, 0.05) is 42.7 Å². The smallest absolute Gasteiger partial charge is 0.417 e. The van der Waals surface area contributed by atoms with Crippen molar-refractivity contribution in [1.29, 1.82) is 0 Å². The Morgan fingerprint density at radius 3 is 2.22 bits per heavy atom. The van der Waals surface area contributed by atoms with Crippen molar-refractivity contribution in [1.82, 2.24) is 9.47 Å². The number of aromatic nitrogens is 1. The molecule has 1 heterocycles. The first-order valence-electron chi connectivity index (χ1n) is 14.7. The Labute approximate surface area is 265 Å². The van der Waals surface area contributed by atoms with Crippen LogP contribution in [0.5, 0.6) is 5.75 Å². The monoisotopic (exact) mass is 634 g/mol. The van der Waals surface area contributed by atoms with Crippen molar-refractivity contribution in [3.63, 3.8) is 0 Å². The van der Waals surface area contributed by atoms with Crippen LogP contribution in [0.4, 0.5) is 13.2 Å². The maximum Gasteiger partial charge on any atom is 0.417 e. The second-order valence-corrected chi connectivity index (χ2v) is 11.5. The largest absolute Gasteiger partial charge is 0.491 e. The number of halogens is 4. The second-order valence-electron chi connectivity index (χ2n) is 11.2. The molecule has 0 saturated heterocycles. The maximum absolute atomic E-state index is 13.7. The summed E-state index contributed by atoms with van der Waals surface area (Å²) in [5.41, 5.74) is 2.59. The molecule has 0 aliphatic heterocycles. The quantitative estimate of drug-likeness (QED) is 0.141. The molecule has 4 aromatic carbocycles. The Morgan fingerprint density at radius 2 is 1.60 bits per heavy atom. The Morgan fingerprint density at radius 1 is 0.933 bits per heavy atom. The zero-order valence-electron chi connectivity index (χ0n) is 24.8. The predicted octanol–water partition coefficient (Wildman–Crippen LogP) is 8.89. The van der Waals surface area contributed by atoms with E-state index in [1.54, 1.807) is 16.8 Å². The lowest BCUT2D eigenvalue weighted by Crippen LogP contribution is -2.32. The van der Waals surface area contributed by atoms with Crippen molar-refractivity contribution in [2.45, 2.75) is 44.6 Å². The van der Waals surface area contributed by atoms with Gasteiger partial charge in [0.25, 0.3) is 0 Å². The van der Waals surface area contributed by atoms with Gasteiger partial charge in [0.2, 0.25) is 0 Å². The van der Waals surface area contributed by atoms with E-state index < -0.39 is 17.7 Å². The van der Waals surface area contributed by atoms with Gasteiger partial charge in [0.1, 0.15) is 12.3 Å². The lowest BCUT2D eigenvalue weighted by Gasteiger charge is -2.30. The molecule has 1 N–H and O–H groups in total. The molecular weight excluding hydrogens is 601 g/mol.